The quantitative estimate of drug-likeness (QED) is 0.163. The fourth-order valence-corrected chi connectivity index (χ4v) is 11.2. The van der Waals surface area contributed by atoms with Crippen LogP contribution in [-0.2, 0) is 0 Å². The Hall–Kier alpha value is -7.94. The van der Waals surface area contributed by atoms with Gasteiger partial charge in [-0.25, -0.2) is 0 Å². The second kappa shape index (κ2) is 15.4. The van der Waals surface area contributed by atoms with Crippen molar-refractivity contribution in [3.8, 4) is 27.9 Å². The molecule has 2 aromatic heterocycles. The maximum absolute atomic E-state index is 6.87. The molecule has 0 amide bonds. The van der Waals surface area contributed by atoms with Crippen molar-refractivity contribution in [2.75, 3.05) is 0 Å². The highest BCUT2D eigenvalue weighted by molar-refractivity contribution is 6.09. The van der Waals surface area contributed by atoms with E-state index in [0.29, 0.717) is 5.92 Å². The molecule has 2 atom stereocenters. The van der Waals surface area contributed by atoms with Crippen LogP contribution in [0, 0.1) is 5.92 Å². The second-order valence-corrected chi connectivity index (χ2v) is 17.8. The Bertz CT molecular complexity index is 3730. The summed E-state index contributed by atoms with van der Waals surface area (Å²) < 4.78 is 9.35. The fraction of sp³-hybridized carbons (Fsp3) is 0.0794. The first-order chi connectivity index (χ1) is 32.2. The molecule has 2 unspecified atom stereocenters. The predicted molar refractivity (Wildman–Crippen MR) is 271 cm³/mol. The molecule has 0 fully saturated rings. The van der Waals surface area contributed by atoms with Crippen molar-refractivity contribution in [3.05, 3.63) is 256 Å². The van der Waals surface area contributed by atoms with Crippen LogP contribution in [0.15, 0.2) is 222 Å². The van der Waals surface area contributed by atoms with E-state index in [1.165, 1.54) is 94.8 Å². The normalized spacial score (nSPS) is 16.6. The zero-order valence-electron chi connectivity index (χ0n) is 36.0. The lowest BCUT2D eigenvalue weighted by Crippen LogP contribution is -2.38. The van der Waals surface area contributed by atoms with E-state index < -0.39 is 0 Å². The smallest absolute Gasteiger partial charge is 0.139 e. The summed E-state index contributed by atoms with van der Waals surface area (Å²) in [6, 6.07) is 71.0. The third kappa shape index (κ3) is 6.24. The lowest BCUT2D eigenvalue weighted by atomic mass is 9.71. The first kappa shape index (κ1) is 37.6. The molecular formula is C63H45NO. The van der Waals surface area contributed by atoms with Crippen LogP contribution in [0.2, 0.25) is 0 Å². The fourth-order valence-electron chi connectivity index (χ4n) is 11.2. The zero-order valence-corrected chi connectivity index (χ0v) is 36.0. The standard InChI is InChI=1S/C63H45NO/c1-4-17-41(18-5-1)45-33-36-60-56(38-45)57-40-47(42-19-6-2-7-20-42)39-55(63(57)65-60)43-31-34-50-49-25-14-15-30-58(49)64(59(50)35-32-43)48-24-16-23-46(37-48)62-53-28-12-10-26-51(53)61(44-21-8-3-9-22-44)52-27-11-13-29-54(52)62/h1-10,12,14-28,30-40,43,54H,11,13,29H2. The number of para-hydroxylation sites is 1. The molecule has 10 aromatic rings. The molecule has 0 radical (unpaired) electrons. The largest absolute Gasteiger partial charge is 0.456 e. The van der Waals surface area contributed by atoms with Gasteiger partial charge < -0.3 is 8.98 Å². The van der Waals surface area contributed by atoms with Gasteiger partial charge in [-0.3, -0.25) is 0 Å². The van der Waals surface area contributed by atoms with Crippen LogP contribution < -0.4 is 10.4 Å². The molecule has 2 heterocycles. The molecule has 308 valence electrons. The van der Waals surface area contributed by atoms with E-state index in [1.54, 1.807) is 0 Å². The lowest BCUT2D eigenvalue weighted by molar-refractivity contribution is 0.619. The molecule has 0 saturated carbocycles. The Balaban J connectivity index is 0.972. The molecule has 0 N–H and O–H groups in total. The molecule has 8 aromatic carbocycles. The molecule has 3 aliphatic carbocycles. The van der Waals surface area contributed by atoms with Gasteiger partial charge in [0.05, 0.1) is 11.2 Å². The molecule has 0 bridgehead atoms. The number of hydrogen-bond acceptors (Lipinski definition) is 1. The number of hydrogen-bond donors (Lipinski definition) is 0. The van der Waals surface area contributed by atoms with Gasteiger partial charge >= 0.3 is 0 Å². The zero-order chi connectivity index (χ0) is 42.8. The average Bonchev–Trinajstić information content (AvgIpc) is 3.82. The van der Waals surface area contributed by atoms with Crippen molar-refractivity contribution in [2.45, 2.75) is 25.2 Å². The number of furan rings is 1. The molecule has 65 heavy (non-hydrogen) atoms. The van der Waals surface area contributed by atoms with Gasteiger partial charge in [0.1, 0.15) is 11.2 Å². The van der Waals surface area contributed by atoms with Crippen molar-refractivity contribution >= 4 is 56.1 Å². The maximum atomic E-state index is 6.87. The first-order valence-electron chi connectivity index (χ1n) is 23.1. The van der Waals surface area contributed by atoms with Gasteiger partial charge in [-0.2, -0.15) is 0 Å². The minimum atomic E-state index is -0.0258. The molecule has 3 aliphatic rings. The minimum absolute atomic E-state index is 0.0258. The summed E-state index contributed by atoms with van der Waals surface area (Å²) in [6.07, 6.45) is 15.4. The van der Waals surface area contributed by atoms with Gasteiger partial charge in [0, 0.05) is 44.8 Å². The summed E-state index contributed by atoms with van der Waals surface area (Å²) in [5.74, 6) is 0.306. The number of aromatic nitrogens is 1. The summed E-state index contributed by atoms with van der Waals surface area (Å²) >= 11 is 0. The Kier molecular flexibility index (Phi) is 8.91. The molecule has 2 heteroatoms. The average molecular weight is 832 g/mol. The molecular weight excluding hydrogens is 787 g/mol. The van der Waals surface area contributed by atoms with E-state index in [0.717, 1.165) is 40.3 Å². The van der Waals surface area contributed by atoms with Crippen LogP contribution in [0.4, 0.5) is 0 Å². The highest BCUT2D eigenvalue weighted by Gasteiger charge is 2.31. The van der Waals surface area contributed by atoms with E-state index >= 15 is 0 Å². The summed E-state index contributed by atoms with van der Waals surface area (Å²) in [4.78, 5) is 0. The predicted octanol–water partition coefficient (Wildman–Crippen LogP) is 14.8. The van der Waals surface area contributed by atoms with Crippen LogP contribution >= 0.6 is 0 Å². The van der Waals surface area contributed by atoms with Crippen LogP contribution in [0.1, 0.15) is 53.1 Å². The van der Waals surface area contributed by atoms with E-state index in [2.05, 4.69) is 229 Å². The van der Waals surface area contributed by atoms with Gasteiger partial charge in [0.15, 0.2) is 0 Å². The molecule has 2 nitrogen and oxygen atoms in total. The first-order valence-corrected chi connectivity index (χ1v) is 23.1. The third-order valence-electron chi connectivity index (χ3n) is 14.1. The third-order valence-corrected chi connectivity index (χ3v) is 14.1. The van der Waals surface area contributed by atoms with Gasteiger partial charge in [-0.1, -0.05) is 176 Å². The van der Waals surface area contributed by atoms with E-state index in [-0.39, 0.29) is 5.92 Å². The van der Waals surface area contributed by atoms with Crippen molar-refractivity contribution in [2.24, 2.45) is 5.92 Å². The highest BCUT2D eigenvalue weighted by Crippen LogP contribution is 2.45. The van der Waals surface area contributed by atoms with Gasteiger partial charge in [0.25, 0.3) is 0 Å². The van der Waals surface area contributed by atoms with E-state index in [1.807, 2.05) is 0 Å². The summed E-state index contributed by atoms with van der Waals surface area (Å²) in [5, 5.41) is 6.18. The van der Waals surface area contributed by atoms with Gasteiger partial charge in [-0.05, 0) is 128 Å². The van der Waals surface area contributed by atoms with Crippen LogP contribution in [-0.4, -0.2) is 4.57 Å². The van der Waals surface area contributed by atoms with Gasteiger partial charge in [-0.15, -0.1) is 0 Å². The van der Waals surface area contributed by atoms with E-state index in [9.17, 15) is 0 Å². The number of allylic oxidation sites excluding steroid dienone is 4. The van der Waals surface area contributed by atoms with Crippen molar-refractivity contribution in [1.29, 1.82) is 0 Å². The molecule has 0 spiro atoms. The molecule has 13 rings (SSSR count). The number of benzene rings is 8. The molecule has 0 aliphatic heterocycles. The molecule has 0 saturated heterocycles. The van der Waals surface area contributed by atoms with E-state index in [4.69, 9.17) is 4.42 Å². The van der Waals surface area contributed by atoms with Crippen LogP contribution in [0.3, 0.4) is 0 Å². The Morgan fingerprint density at radius 2 is 1.17 bits per heavy atom. The summed E-state index contributed by atoms with van der Waals surface area (Å²) in [6.45, 7) is 0. The van der Waals surface area contributed by atoms with Crippen molar-refractivity contribution in [1.82, 2.24) is 4.57 Å². The summed E-state index contributed by atoms with van der Waals surface area (Å²) in [5.41, 5.74) is 19.4. The Morgan fingerprint density at radius 1 is 0.492 bits per heavy atom. The Labute approximate surface area is 378 Å². The number of fused-ring (bicyclic) bond motifs is 8. The van der Waals surface area contributed by atoms with Crippen LogP contribution in [0.5, 0.6) is 0 Å². The maximum Gasteiger partial charge on any atom is 0.139 e. The highest BCUT2D eigenvalue weighted by atomic mass is 16.3. The SMILES string of the molecule is C1=CC(c2cc(-c3ccccc3)cc3c2oc2ccc(-c4ccccc4)cc23)C=Cc2c1c1ccccc1n2-c1cccc(C2=c3ccccc3=C(c3ccccc3)C3=CCCCC32)c1. The monoisotopic (exact) mass is 831 g/mol. The summed E-state index contributed by atoms with van der Waals surface area (Å²) in [7, 11) is 0. The van der Waals surface area contributed by atoms with Crippen molar-refractivity contribution < 1.29 is 4.42 Å². The number of rotatable bonds is 6. The second-order valence-electron chi connectivity index (χ2n) is 17.8. The Morgan fingerprint density at radius 3 is 1.98 bits per heavy atom. The number of nitrogens with zero attached hydrogens (tertiary/aromatic N) is 1. The van der Waals surface area contributed by atoms with Crippen LogP contribution in [0.25, 0.3) is 84.1 Å². The lowest BCUT2D eigenvalue weighted by Gasteiger charge is -2.33. The van der Waals surface area contributed by atoms with Gasteiger partial charge in [0.2, 0.25) is 0 Å². The topological polar surface area (TPSA) is 18.1 Å². The minimum Gasteiger partial charge on any atom is -0.456 e. The van der Waals surface area contributed by atoms with Crippen molar-refractivity contribution in [3.63, 3.8) is 0 Å².